The quantitative estimate of drug-likeness (QED) is 0.468. The number of benzene rings is 1. The molecular weight excluding hydrogens is 366 g/mol. The predicted molar refractivity (Wildman–Crippen MR) is 113 cm³/mol. The van der Waals surface area contributed by atoms with Crippen LogP contribution in [0.2, 0.25) is 0 Å². The summed E-state index contributed by atoms with van der Waals surface area (Å²) in [6.07, 6.45) is 12.9. The van der Waals surface area contributed by atoms with Crippen molar-refractivity contribution in [3.8, 4) is 22.4 Å². The molecule has 142 valence electrons. The molecule has 3 heterocycles. The van der Waals surface area contributed by atoms with Crippen LogP contribution in [-0.2, 0) is 0 Å². The molecule has 4 aromatic rings. The summed E-state index contributed by atoms with van der Waals surface area (Å²) in [5.74, 6) is 0.564. The first-order valence-corrected chi connectivity index (χ1v) is 11.0. The van der Waals surface area contributed by atoms with Crippen LogP contribution in [0.5, 0.6) is 0 Å². The lowest BCUT2D eigenvalue weighted by Crippen LogP contribution is -2.05. The second kappa shape index (κ2) is 7.80. The molecule has 0 spiro atoms. The highest BCUT2D eigenvalue weighted by Gasteiger charge is 2.17. The fourth-order valence-electron chi connectivity index (χ4n) is 4.24. The molecule has 0 atom stereocenters. The topological polar surface area (TPSA) is 67.3 Å². The van der Waals surface area contributed by atoms with Gasteiger partial charge in [0.25, 0.3) is 0 Å². The second-order valence-electron chi connectivity index (χ2n) is 7.56. The Labute approximate surface area is 168 Å². The monoisotopic (exact) mass is 389 g/mol. The van der Waals surface area contributed by atoms with Gasteiger partial charge in [0.2, 0.25) is 0 Å². The maximum absolute atomic E-state index is 4.63. The van der Waals surface area contributed by atoms with Gasteiger partial charge in [0, 0.05) is 28.8 Å². The van der Waals surface area contributed by atoms with Crippen molar-refractivity contribution in [1.29, 1.82) is 0 Å². The van der Waals surface area contributed by atoms with E-state index in [2.05, 4.69) is 49.6 Å². The van der Waals surface area contributed by atoms with Crippen LogP contribution in [0.15, 0.2) is 42.2 Å². The summed E-state index contributed by atoms with van der Waals surface area (Å²) in [6.45, 7) is 0. The first-order chi connectivity index (χ1) is 13.9. The fraction of sp³-hybridized carbons (Fsp3) is 0.364. The zero-order valence-electron chi connectivity index (χ0n) is 15.8. The van der Waals surface area contributed by atoms with Crippen LogP contribution in [-0.4, -0.2) is 25.4 Å². The van der Waals surface area contributed by atoms with Gasteiger partial charge in [-0.05, 0) is 25.0 Å². The van der Waals surface area contributed by atoms with Gasteiger partial charge in [-0.25, -0.2) is 4.98 Å². The number of H-pyrrole nitrogens is 1. The second-order valence-corrected chi connectivity index (χ2v) is 8.42. The zero-order chi connectivity index (χ0) is 18.8. The molecular formula is C22H23N5S. The molecule has 0 amide bonds. The highest BCUT2D eigenvalue weighted by atomic mass is 32.1. The third-order valence-electron chi connectivity index (χ3n) is 5.78. The van der Waals surface area contributed by atoms with Crippen LogP contribution in [0.1, 0.15) is 56.6 Å². The van der Waals surface area contributed by atoms with E-state index in [1.165, 1.54) is 44.9 Å². The molecule has 1 fully saturated rings. The lowest BCUT2D eigenvalue weighted by molar-refractivity contribution is 0.447. The van der Waals surface area contributed by atoms with E-state index in [1.54, 1.807) is 11.3 Å². The molecule has 1 N–H and O–H groups in total. The average molecular weight is 390 g/mol. The SMILES string of the molecule is c1nc2c(-c3cn[nH]c3)ccc(-c3ccc(C4CCCCCCC4)nn3)c2s1. The van der Waals surface area contributed by atoms with Crippen molar-refractivity contribution >= 4 is 21.6 Å². The largest absolute Gasteiger partial charge is 0.285 e. The first kappa shape index (κ1) is 17.5. The molecule has 1 saturated carbocycles. The lowest BCUT2D eigenvalue weighted by atomic mass is 9.89. The molecule has 1 aliphatic rings. The molecule has 0 unspecified atom stereocenters. The summed E-state index contributed by atoms with van der Waals surface area (Å²) in [4.78, 5) is 4.60. The van der Waals surface area contributed by atoms with Crippen LogP contribution < -0.4 is 0 Å². The number of aromatic nitrogens is 5. The molecule has 1 aliphatic carbocycles. The Kier molecular flexibility index (Phi) is 4.87. The first-order valence-electron chi connectivity index (χ1n) is 10.1. The summed E-state index contributed by atoms with van der Waals surface area (Å²) < 4.78 is 1.15. The van der Waals surface area contributed by atoms with Crippen molar-refractivity contribution in [2.75, 3.05) is 0 Å². The summed E-state index contributed by atoms with van der Waals surface area (Å²) in [6, 6.07) is 8.55. The minimum Gasteiger partial charge on any atom is -0.285 e. The van der Waals surface area contributed by atoms with Gasteiger partial charge >= 0.3 is 0 Å². The Bertz CT molecular complexity index is 1040. The molecule has 5 rings (SSSR count). The summed E-state index contributed by atoms with van der Waals surface area (Å²) >= 11 is 1.65. The molecule has 1 aromatic carbocycles. The molecule has 0 saturated heterocycles. The fourth-order valence-corrected chi connectivity index (χ4v) is 5.08. The summed E-state index contributed by atoms with van der Waals surface area (Å²) in [7, 11) is 0. The number of nitrogens with one attached hydrogen (secondary N) is 1. The number of thiazole rings is 1. The molecule has 6 heteroatoms. The van der Waals surface area contributed by atoms with E-state index in [9.17, 15) is 0 Å². The van der Waals surface area contributed by atoms with Gasteiger partial charge in [0.1, 0.15) is 0 Å². The Morgan fingerprint density at radius 3 is 2.46 bits per heavy atom. The number of aromatic amines is 1. The predicted octanol–water partition coefficient (Wildman–Crippen LogP) is 5.97. The summed E-state index contributed by atoms with van der Waals surface area (Å²) in [5.41, 5.74) is 8.20. The van der Waals surface area contributed by atoms with E-state index in [4.69, 9.17) is 0 Å². The van der Waals surface area contributed by atoms with E-state index in [-0.39, 0.29) is 0 Å². The van der Waals surface area contributed by atoms with Gasteiger partial charge in [0.15, 0.2) is 0 Å². The standard InChI is InChI=1S/C22H23N5S/c1-2-4-6-15(7-5-3-1)19-10-11-20(27-26-19)18-9-8-17(16-12-24-25-13-16)21-22(18)28-14-23-21/h8-15H,1-7H2,(H,24,25). The van der Waals surface area contributed by atoms with E-state index >= 15 is 0 Å². The number of hydrogen-bond donors (Lipinski definition) is 1. The van der Waals surface area contributed by atoms with Gasteiger partial charge in [-0.2, -0.15) is 15.3 Å². The van der Waals surface area contributed by atoms with Crippen molar-refractivity contribution in [3.05, 3.63) is 47.9 Å². The van der Waals surface area contributed by atoms with Crippen molar-refractivity contribution < 1.29 is 0 Å². The highest BCUT2D eigenvalue weighted by molar-refractivity contribution is 7.17. The number of rotatable bonds is 3. The third-order valence-corrected chi connectivity index (χ3v) is 6.64. The number of hydrogen-bond acceptors (Lipinski definition) is 5. The number of fused-ring (bicyclic) bond motifs is 1. The van der Waals surface area contributed by atoms with E-state index in [0.29, 0.717) is 5.92 Å². The number of nitrogens with zero attached hydrogens (tertiary/aromatic N) is 4. The van der Waals surface area contributed by atoms with Gasteiger partial charge in [0.05, 0.1) is 33.3 Å². The highest BCUT2D eigenvalue weighted by Crippen LogP contribution is 2.37. The van der Waals surface area contributed by atoms with Crippen molar-refractivity contribution in [2.24, 2.45) is 0 Å². The molecule has 28 heavy (non-hydrogen) atoms. The Balaban J connectivity index is 1.47. The van der Waals surface area contributed by atoms with Crippen molar-refractivity contribution in [3.63, 3.8) is 0 Å². The van der Waals surface area contributed by atoms with Crippen molar-refractivity contribution in [2.45, 2.75) is 50.9 Å². The lowest BCUT2D eigenvalue weighted by Gasteiger charge is -2.18. The van der Waals surface area contributed by atoms with Crippen LogP contribution in [0.3, 0.4) is 0 Å². The van der Waals surface area contributed by atoms with Gasteiger partial charge in [-0.1, -0.05) is 44.2 Å². The molecule has 3 aromatic heterocycles. The van der Waals surface area contributed by atoms with E-state index in [0.717, 1.165) is 38.3 Å². The van der Waals surface area contributed by atoms with Crippen LogP contribution in [0.4, 0.5) is 0 Å². The van der Waals surface area contributed by atoms with Gasteiger partial charge in [-0.15, -0.1) is 11.3 Å². The minimum atomic E-state index is 0.564. The molecule has 0 radical (unpaired) electrons. The van der Waals surface area contributed by atoms with Crippen molar-refractivity contribution in [1.82, 2.24) is 25.4 Å². The van der Waals surface area contributed by atoms with E-state index < -0.39 is 0 Å². The van der Waals surface area contributed by atoms with Crippen LogP contribution in [0, 0.1) is 0 Å². The minimum absolute atomic E-state index is 0.564. The smallest absolute Gasteiger partial charge is 0.0944 e. The summed E-state index contributed by atoms with van der Waals surface area (Å²) in [5, 5.41) is 16.2. The third kappa shape index (κ3) is 3.33. The molecule has 0 bridgehead atoms. The zero-order valence-corrected chi connectivity index (χ0v) is 16.6. The van der Waals surface area contributed by atoms with Crippen LogP contribution in [0.25, 0.3) is 32.6 Å². The molecule has 5 nitrogen and oxygen atoms in total. The van der Waals surface area contributed by atoms with Gasteiger partial charge < -0.3 is 0 Å². The Morgan fingerprint density at radius 1 is 0.893 bits per heavy atom. The van der Waals surface area contributed by atoms with Gasteiger partial charge in [-0.3, -0.25) is 5.10 Å². The Morgan fingerprint density at radius 2 is 1.71 bits per heavy atom. The Hall–Kier alpha value is -2.60. The average Bonchev–Trinajstić information content (AvgIpc) is 3.40. The normalized spacial score (nSPS) is 16.1. The van der Waals surface area contributed by atoms with E-state index in [1.807, 2.05) is 17.9 Å². The maximum atomic E-state index is 4.63. The molecule has 0 aliphatic heterocycles. The van der Waals surface area contributed by atoms with Crippen LogP contribution >= 0.6 is 11.3 Å². The maximum Gasteiger partial charge on any atom is 0.0944 e.